The van der Waals surface area contributed by atoms with Gasteiger partial charge in [-0.3, -0.25) is 0 Å². The van der Waals surface area contributed by atoms with Gasteiger partial charge in [0.05, 0.1) is 5.56 Å². The fourth-order valence-electron chi connectivity index (χ4n) is 2.19. The fourth-order valence-corrected chi connectivity index (χ4v) is 3.43. The molecule has 0 bridgehead atoms. The second-order valence-corrected chi connectivity index (χ2v) is 6.89. The number of carbonyl (C=O) groups excluding carboxylic acids is 1. The molecule has 1 heterocycles. The monoisotopic (exact) mass is 312 g/mol. The van der Waals surface area contributed by atoms with Crippen molar-refractivity contribution in [2.45, 2.75) is 24.5 Å². The third-order valence-corrected chi connectivity index (χ3v) is 4.92. The van der Waals surface area contributed by atoms with Gasteiger partial charge >= 0.3 is 12.0 Å². The Bertz CT molecular complexity index is 559. The van der Waals surface area contributed by atoms with Crippen molar-refractivity contribution in [2.75, 3.05) is 17.6 Å². The number of amides is 2. The van der Waals surface area contributed by atoms with Crippen LogP contribution in [0, 0.1) is 5.82 Å². The minimum absolute atomic E-state index is 0.0513. The van der Waals surface area contributed by atoms with Crippen LogP contribution in [0.1, 0.15) is 30.1 Å². The Labute approximate surface area is 126 Å². The number of halogens is 1. The molecule has 0 aliphatic carbocycles. The number of urea groups is 1. The molecule has 1 aliphatic rings. The summed E-state index contributed by atoms with van der Waals surface area (Å²) in [6.45, 7) is 2.64. The van der Waals surface area contributed by atoms with E-state index in [4.69, 9.17) is 5.11 Å². The summed E-state index contributed by atoms with van der Waals surface area (Å²) in [7, 11) is 0. The number of hydrogen-bond acceptors (Lipinski definition) is 3. The molecule has 1 fully saturated rings. The van der Waals surface area contributed by atoms with Crippen LogP contribution in [-0.2, 0) is 0 Å². The molecule has 1 saturated heterocycles. The molecule has 0 radical (unpaired) electrons. The van der Waals surface area contributed by atoms with Gasteiger partial charge in [-0.05, 0) is 43.7 Å². The highest BCUT2D eigenvalue weighted by Gasteiger charge is 2.29. The maximum absolute atomic E-state index is 13.5. The predicted octanol–water partition coefficient (Wildman–Crippen LogP) is 2.93. The molecule has 2 rings (SSSR count). The van der Waals surface area contributed by atoms with Crippen molar-refractivity contribution in [1.29, 1.82) is 0 Å². The maximum Gasteiger partial charge on any atom is 0.338 e. The molecule has 114 valence electrons. The molecule has 1 aliphatic heterocycles. The number of aromatic carboxylic acids is 1. The molecule has 1 atom stereocenters. The van der Waals surface area contributed by atoms with E-state index < -0.39 is 23.4 Å². The average Bonchev–Trinajstić information content (AvgIpc) is 2.84. The number of hydrogen-bond donors (Lipinski definition) is 3. The number of thioether (sulfide) groups is 1. The van der Waals surface area contributed by atoms with E-state index in [2.05, 4.69) is 17.6 Å². The molecule has 2 amide bonds. The molecule has 0 spiro atoms. The summed E-state index contributed by atoms with van der Waals surface area (Å²) in [5.41, 5.74) is -0.199. The molecular formula is C14H17FN2O3S. The normalized spacial score (nSPS) is 21.0. The molecule has 1 aromatic carbocycles. The first kappa shape index (κ1) is 15.6. The highest BCUT2D eigenvalue weighted by molar-refractivity contribution is 8.00. The van der Waals surface area contributed by atoms with Crippen LogP contribution in [0.4, 0.5) is 14.9 Å². The zero-order valence-electron chi connectivity index (χ0n) is 11.6. The van der Waals surface area contributed by atoms with E-state index in [0.29, 0.717) is 6.54 Å². The zero-order valence-corrected chi connectivity index (χ0v) is 12.4. The standard InChI is InChI=1S/C14H17FN2O3S/c1-14(5-2-6-21-14)8-16-13(20)17-9-3-4-10(12(18)19)11(15)7-9/h3-4,7H,2,5-6,8H2,1H3,(H,18,19)(H2,16,17,20). The summed E-state index contributed by atoms with van der Waals surface area (Å²) < 4.78 is 13.5. The van der Waals surface area contributed by atoms with Crippen molar-refractivity contribution in [3.8, 4) is 0 Å². The Balaban J connectivity index is 1.90. The van der Waals surface area contributed by atoms with Crippen LogP contribution in [0.3, 0.4) is 0 Å². The first-order valence-corrected chi connectivity index (χ1v) is 7.60. The van der Waals surface area contributed by atoms with E-state index in [1.165, 1.54) is 6.07 Å². The lowest BCUT2D eigenvalue weighted by Crippen LogP contribution is -2.39. The molecule has 1 unspecified atom stereocenters. The summed E-state index contributed by atoms with van der Waals surface area (Å²) in [5.74, 6) is -1.12. The number of nitrogens with one attached hydrogen (secondary N) is 2. The predicted molar refractivity (Wildman–Crippen MR) is 80.5 cm³/mol. The first-order chi connectivity index (χ1) is 9.89. The maximum atomic E-state index is 13.5. The lowest BCUT2D eigenvalue weighted by molar-refractivity contribution is 0.0692. The Morgan fingerprint density at radius 1 is 1.48 bits per heavy atom. The lowest BCUT2D eigenvalue weighted by atomic mass is 10.1. The SMILES string of the molecule is CC1(CNC(=O)Nc2ccc(C(=O)O)c(F)c2)CCCS1. The number of carbonyl (C=O) groups is 2. The van der Waals surface area contributed by atoms with Gasteiger partial charge in [-0.2, -0.15) is 11.8 Å². The summed E-state index contributed by atoms with van der Waals surface area (Å²) >= 11 is 1.83. The van der Waals surface area contributed by atoms with E-state index in [-0.39, 0.29) is 10.4 Å². The van der Waals surface area contributed by atoms with Gasteiger partial charge in [-0.1, -0.05) is 0 Å². The number of carboxylic acids is 1. The zero-order chi connectivity index (χ0) is 15.5. The molecular weight excluding hydrogens is 295 g/mol. The smallest absolute Gasteiger partial charge is 0.338 e. The van der Waals surface area contributed by atoms with Crippen molar-refractivity contribution in [2.24, 2.45) is 0 Å². The van der Waals surface area contributed by atoms with Crippen molar-refractivity contribution in [3.05, 3.63) is 29.6 Å². The van der Waals surface area contributed by atoms with Crippen LogP contribution in [0.15, 0.2) is 18.2 Å². The van der Waals surface area contributed by atoms with E-state index >= 15 is 0 Å². The van der Waals surface area contributed by atoms with Crippen LogP contribution in [-0.4, -0.2) is 34.2 Å². The van der Waals surface area contributed by atoms with Gasteiger partial charge in [-0.15, -0.1) is 0 Å². The quantitative estimate of drug-likeness (QED) is 0.799. The minimum Gasteiger partial charge on any atom is -0.478 e. The van der Waals surface area contributed by atoms with Crippen molar-refractivity contribution in [3.63, 3.8) is 0 Å². The van der Waals surface area contributed by atoms with E-state index in [0.717, 1.165) is 30.7 Å². The first-order valence-electron chi connectivity index (χ1n) is 6.61. The van der Waals surface area contributed by atoms with E-state index in [1.54, 1.807) is 0 Å². The molecule has 0 aromatic heterocycles. The summed E-state index contributed by atoms with van der Waals surface area (Å²) in [5, 5.41) is 14.0. The minimum atomic E-state index is -1.34. The summed E-state index contributed by atoms with van der Waals surface area (Å²) in [6, 6.07) is 3.06. The molecule has 0 saturated carbocycles. The van der Waals surface area contributed by atoms with Gasteiger partial charge in [0.15, 0.2) is 0 Å². The Morgan fingerprint density at radius 3 is 2.81 bits per heavy atom. The third kappa shape index (κ3) is 4.10. The molecule has 21 heavy (non-hydrogen) atoms. The van der Waals surface area contributed by atoms with Gasteiger partial charge in [0, 0.05) is 17.0 Å². The van der Waals surface area contributed by atoms with Gasteiger partial charge in [0.2, 0.25) is 0 Å². The molecule has 1 aromatic rings. The lowest BCUT2D eigenvalue weighted by Gasteiger charge is -2.22. The van der Waals surface area contributed by atoms with Crippen molar-refractivity contribution < 1.29 is 19.1 Å². The summed E-state index contributed by atoms with van der Waals surface area (Å²) in [6.07, 6.45) is 2.20. The number of carboxylic acid groups (broad SMARTS) is 1. The molecule has 7 heteroatoms. The largest absolute Gasteiger partial charge is 0.478 e. The highest BCUT2D eigenvalue weighted by Crippen LogP contribution is 2.36. The Morgan fingerprint density at radius 2 is 2.24 bits per heavy atom. The van der Waals surface area contributed by atoms with Gasteiger partial charge in [-0.25, -0.2) is 14.0 Å². The summed E-state index contributed by atoms with van der Waals surface area (Å²) in [4.78, 5) is 22.5. The van der Waals surface area contributed by atoms with Crippen LogP contribution in [0.5, 0.6) is 0 Å². The topological polar surface area (TPSA) is 78.4 Å². The number of anilines is 1. The fraction of sp³-hybridized carbons (Fsp3) is 0.429. The van der Waals surface area contributed by atoms with Gasteiger partial charge in [0.25, 0.3) is 0 Å². The van der Waals surface area contributed by atoms with E-state index in [1.807, 2.05) is 11.8 Å². The second-order valence-electron chi connectivity index (χ2n) is 5.21. The molecule has 5 nitrogen and oxygen atoms in total. The van der Waals surface area contributed by atoms with Gasteiger partial charge < -0.3 is 15.7 Å². The van der Waals surface area contributed by atoms with Crippen LogP contribution in [0.25, 0.3) is 0 Å². The Kier molecular flexibility index (Phi) is 4.72. The van der Waals surface area contributed by atoms with Crippen LogP contribution < -0.4 is 10.6 Å². The molecule has 3 N–H and O–H groups in total. The van der Waals surface area contributed by atoms with Crippen molar-refractivity contribution in [1.82, 2.24) is 5.32 Å². The highest BCUT2D eigenvalue weighted by atomic mass is 32.2. The van der Waals surface area contributed by atoms with E-state index in [9.17, 15) is 14.0 Å². The van der Waals surface area contributed by atoms with Gasteiger partial charge in [0.1, 0.15) is 5.82 Å². The Hall–Kier alpha value is -1.76. The average molecular weight is 312 g/mol. The number of rotatable bonds is 4. The van der Waals surface area contributed by atoms with Crippen molar-refractivity contribution >= 4 is 29.4 Å². The second kappa shape index (κ2) is 6.34. The number of benzene rings is 1. The van der Waals surface area contributed by atoms with Crippen LogP contribution in [0.2, 0.25) is 0 Å². The van der Waals surface area contributed by atoms with Crippen LogP contribution >= 0.6 is 11.8 Å². The third-order valence-electron chi connectivity index (χ3n) is 3.38.